The van der Waals surface area contributed by atoms with Gasteiger partial charge in [0.2, 0.25) is 5.91 Å². The van der Waals surface area contributed by atoms with E-state index in [9.17, 15) is 14.4 Å². The molecule has 3 amide bonds. The number of nitrogen functional groups attached to an aromatic ring is 1. The first kappa shape index (κ1) is 20.8. The molecule has 0 saturated carbocycles. The number of nitrogens with zero attached hydrogens (tertiary/aromatic N) is 2. The van der Waals surface area contributed by atoms with Gasteiger partial charge in [0.25, 0.3) is 0 Å². The maximum atomic E-state index is 13.1. The van der Waals surface area contributed by atoms with Crippen LogP contribution in [0.2, 0.25) is 0 Å². The summed E-state index contributed by atoms with van der Waals surface area (Å²) in [4.78, 5) is 43.2. The number of hydrogen-bond acceptors (Lipinski definition) is 5. The van der Waals surface area contributed by atoms with Gasteiger partial charge >= 0.3 is 11.8 Å². The molecule has 2 atom stereocenters. The maximum Gasteiger partial charge on any atom is 0.313 e. The van der Waals surface area contributed by atoms with Crippen molar-refractivity contribution in [3.05, 3.63) is 47.2 Å². The summed E-state index contributed by atoms with van der Waals surface area (Å²) in [6.45, 7) is 4.40. The van der Waals surface area contributed by atoms with E-state index in [-0.39, 0.29) is 11.9 Å². The SMILES string of the molecule is Cc1cc(NC(=O)C(=O)N2C[C@@H](C)CCC2c2ccc3c(c2)CCC(=O)N3)cnc1N. The standard InChI is InChI=1S/C23H27N5O3/c1-13-3-7-19(16-4-6-18-15(10-16)5-8-20(29)27-18)28(12-13)23(31)22(30)26-17-9-14(2)21(24)25-11-17/h4,6,9-11,13,19H,3,5,7-8,12H2,1-2H3,(H2,24,25)(H,26,30)(H,27,29)/t13-,19?/m0/s1. The minimum absolute atomic E-state index is 0.0209. The molecule has 0 spiro atoms. The highest BCUT2D eigenvalue weighted by atomic mass is 16.2. The van der Waals surface area contributed by atoms with Crippen LogP contribution in [0.3, 0.4) is 0 Å². The Morgan fingerprint density at radius 1 is 1.23 bits per heavy atom. The van der Waals surface area contributed by atoms with Gasteiger partial charge in [-0.2, -0.15) is 0 Å². The Hall–Kier alpha value is -3.42. The Morgan fingerprint density at radius 3 is 2.81 bits per heavy atom. The topological polar surface area (TPSA) is 117 Å². The monoisotopic (exact) mass is 421 g/mol. The van der Waals surface area contributed by atoms with Crippen LogP contribution in [0.15, 0.2) is 30.5 Å². The molecule has 162 valence electrons. The van der Waals surface area contributed by atoms with Gasteiger partial charge in [-0.25, -0.2) is 4.98 Å². The number of aromatic nitrogens is 1. The lowest BCUT2D eigenvalue weighted by Crippen LogP contribution is -2.46. The summed E-state index contributed by atoms with van der Waals surface area (Å²) in [6, 6.07) is 7.41. The molecule has 0 aliphatic carbocycles. The predicted molar refractivity (Wildman–Crippen MR) is 118 cm³/mol. The average Bonchev–Trinajstić information content (AvgIpc) is 2.75. The van der Waals surface area contributed by atoms with E-state index in [0.717, 1.165) is 35.2 Å². The van der Waals surface area contributed by atoms with Crippen molar-refractivity contribution in [2.45, 2.75) is 45.6 Å². The van der Waals surface area contributed by atoms with E-state index < -0.39 is 11.8 Å². The van der Waals surface area contributed by atoms with Gasteiger partial charge in [0.1, 0.15) is 5.82 Å². The van der Waals surface area contributed by atoms with Crippen LogP contribution in [0.4, 0.5) is 17.2 Å². The highest BCUT2D eigenvalue weighted by Gasteiger charge is 2.34. The van der Waals surface area contributed by atoms with Gasteiger partial charge in [0.05, 0.1) is 17.9 Å². The Balaban J connectivity index is 1.55. The second-order valence-corrected chi connectivity index (χ2v) is 8.50. The second kappa shape index (κ2) is 8.37. The zero-order valence-electron chi connectivity index (χ0n) is 17.8. The van der Waals surface area contributed by atoms with Crippen molar-refractivity contribution in [2.24, 2.45) is 5.92 Å². The molecule has 4 N–H and O–H groups in total. The largest absolute Gasteiger partial charge is 0.383 e. The van der Waals surface area contributed by atoms with Gasteiger partial charge in [-0.05, 0) is 60.9 Å². The second-order valence-electron chi connectivity index (χ2n) is 8.50. The molecule has 1 aromatic carbocycles. The summed E-state index contributed by atoms with van der Waals surface area (Å²) in [5.41, 5.74) is 9.79. The van der Waals surface area contributed by atoms with Gasteiger partial charge in [-0.3, -0.25) is 14.4 Å². The highest BCUT2D eigenvalue weighted by molar-refractivity contribution is 6.39. The molecular weight excluding hydrogens is 394 g/mol. The number of likely N-dealkylation sites (tertiary alicyclic amines) is 1. The molecule has 0 bridgehead atoms. The fraction of sp³-hybridized carbons (Fsp3) is 0.391. The normalized spacial score (nSPS) is 20.6. The van der Waals surface area contributed by atoms with Gasteiger partial charge in [0, 0.05) is 18.7 Å². The summed E-state index contributed by atoms with van der Waals surface area (Å²) >= 11 is 0. The summed E-state index contributed by atoms with van der Waals surface area (Å²) in [6.07, 6.45) is 4.34. The number of amides is 3. The molecule has 1 aromatic heterocycles. The highest BCUT2D eigenvalue weighted by Crippen LogP contribution is 2.36. The molecule has 1 saturated heterocycles. The summed E-state index contributed by atoms with van der Waals surface area (Å²) in [5.74, 6) is -0.525. The van der Waals surface area contributed by atoms with Crippen LogP contribution >= 0.6 is 0 Å². The number of rotatable bonds is 2. The van der Waals surface area contributed by atoms with Gasteiger partial charge in [-0.1, -0.05) is 19.1 Å². The van der Waals surface area contributed by atoms with Gasteiger partial charge in [0.15, 0.2) is 0 Å². The molecule has 2 aliphatic heterocycles. The quantitative estimate of drug-likeness (QED) is 0.645. The predicted octanol–water partition coefficient (Wildman–Crippen LogP) is 2.80. The minimum atomic E-state index is -0.685. The van der Waals surface area contributed by atoms with E-state index in [2.05, 4.69) is 28.6 Å². The number of nitrogens with two attached hydrogens (primary N) is 1. The lowest BCUT2D eigenvalue weighted by atomic mass is 9.88. The smallest absolute Gasteiger partial charge is 0.313 e. The Kier molecular flexibility index (Phi) is 5.63. The van der Waals surface area contributed by atoms with E-state index in [1.165, 1.54) is 6.20 Å². The third kappa shape index (κ3) is 4.38. The Labute approximate surface area is 181 Å². The van der Waals surface area contributed by atoms with Crippen LogP contribution in [0.25, 0.3) is 0 Å². The number of piperidine rings is 1. The van der Waals surface area contributed by atoms with E-state index in [0.29, 0.717) is 36.8 Å². The lowest BCUT2D eigenvalue weighted by molar-refractivity contribution is -0.146. The number of hydrogen-bond donors (Lipinski definition) is 3. The minimum Gasteiger partial charge on any atom is -0.383 e. The molecule has 3 heterocycles. The van der Waals surface area contributed by atoms with E-state index in [1.807, 2.05) is 12.1 Å². The van der Waals surface area contributed by atoms with Crippen molar-refractivity contribution in [2.75, 3.05) is 22.9 Å². The van der Waals surface area contributed by atoms with Crippen molar-refractivity contribution in [3.8, 4) is 0 Å². The van der Waals surface area contributed by atoms with Crippen LogP contribution < -0.4 is 16.4 Å². The van der Waals surface area contributed by atoms with Crippen molar-refractivity contribution in [1.29, 1.82) is 0 Å². The van der Waals surface area contributed by atoms with Crippen LogP contribution in [0.1, 0.15) is 48.9 Å². The van der Waals surface area contributed by atoms with Gasteiger partial charge in [-0.15, -0.1) is 0 Å². The molecule has 4 rings (SSSR count). The van der Waals surface area contributed by atoms with Crippen LogP contribution in [-0.4, -0.2) is 34.2 Å². The van der Waals surface area contributed by atoms with Crippen molar-refractivity contribution >= 4 is 34.9 Å². The fourth-order valence-corrected chi connectivity index (χ4v) is 4.30. The average molecular weight is 422 g/mol. The first-order chi connectivity index (χ1) is 14.8. The first-order valence-corrected chi connectivity index (χ1v) is 10.6. The Bertz CT molecular complexity index is 1050. The maximum absolute atomic E-state index is 13.1. The summed E-state index contributed by atoms with van der Waals surface area (Å²) in [7, 11) is 0. The van der Waals surface area contributed by atoms with Crippen molar-refractivity contribution in [3.63, 3.8) is 0 Å². The van der Waals surface area contributed by atoms with Crippen LogP contribution in [0, 0.1) is 12.8 Å². The van der Waals surface area contributed by atoms with Crippen molar-refractivity contribution in [1.82, 2.24) is 9.88 Å². The molecule has 8 heteroatoms. The first-order valence-electron chi connectivity index (χ1n) is 10.6. The van der Waals surface area contributed by atoms with Gasteiger partial charge < -0.3 is 21.3 Å². The van der Waals surface area contributed by atoms with E-state index in [4.69, 9.17) is 5.73 Å². The number of benzene rings is 1. The third-order valence-corrected chi connectivity index (χ3v) is 6.06. The number of aryl methyl sites for hydroxylation is 2. The summed E-state index contributed by atoms with van der Waals surface area (Å²) < 4.78 is 0. The van der Waals surface area contributed by atoms with E-state index in [1.54, 1.807) is 17.9 Å². The van der Waals surface area contributed by atoms with Crippen LogP contribution in [-0.2, 0) is 20.8 Å². The third-order valence-electron chi connectivity index (χ3n) is 6.06. The number of anilines is 3. The fourth-order valence-electron chi connectivity index (χ4n) is 4.30. The lowest BCUT2D eigenvalue weighted by Gasteiger charge is -2.39. The van der Waals surface area contributed by atoms with Crippen LogP contribution in [0.5, 0.6) is 0 Å². The number of nitrogens with one attached hydrogen (secondary N) is 2. The Morgan fingerprint density at radius 2 is 2.03 bits per heavy atom. The number of carbonyl (C=O) groups excluding carboxylic acids is 3. The zero-order valence-corrected chi connectivity index (χ0v) is 17.8. The molecule has 1 fully saturated rings. The molecule has 0 radical (unpaired) electrons. The molecule has 2 aromatic rings. The molecule has 8 nitrogen and oxygen atoms in total. The number of pyridine rings is 1. The molecule has 1 unspecified atom stereocenters. The number of fused-ring (bicyclic) bond motifs is 1. The van der Waals surface area contributed by atoms with E-state index >= 15 is 0 Å². The molecule has 31 heavy (non-hydrogen) atoms. The molecule has 2 aliphatic rings. The van der Waals surface area contributed by atoms with Crippen molar-refractivity contribution < 1.29 is 14.4 Å². The zero-order chi connectivity index (χ0) is 22.1. The molecular formula is C23H27N5O3. The number of carbonyl (C=O) groups is 3. The summed E-state index contributed by atoms with van der Waals surface area (Å²) in [5, 5.41) is 5.54.